The predicted molar refractivity (Wildman–Crippen MR) is 124 cm³/mol. The molecule has 0 bridgehead atoms. The molecule has 0 spiro atoms. The van der Waals surface area contributed by atoms with Crippen LogP contribution in [-0.2, 0) is 22.6 Å². The van der Waals surface area contributed by atoms with Gasteiger partial charge in [-0.2, -0.15) is 0 Å². The summed E-state index contributed by atoms with van der Waals surface area (Å²) < 4.78 is 1.88. The van der Waals surface area contributed by atoms with Crippen LogP contribution in [0.2, 0.25) is 5.02 Å². The van der Waals surface area contributed by atoms with Gasteiger partial charge in [-0.3, -0.25) is 14.4 Å². The van der Waals surface area contributed by atoms with Crippen LogP contribution in [0.15, 0.2) is 54.6 Å². The Morgan fingerprint density at radius 3 is 2.56 bits per heavy atom. The van der Waals surface area contributed by atoms with Crippen molar-refractivity contribution in [2.24, 2.45) is 0 Å². The van der Waals surface area contributed by atoms with E-state index in [0.717, 1.165) is 16.5 Å². The van der Waals surface area contributed by atoms with Gasteiger partial charge in [0.15, 0.2) is 0 Å². The first-order valence-electron chi connectivity index (χ1n) is 10.5. The van der Waals surface area contributed by atoms with E-state index in [4.69, 9.17) is 11.6 Å². The number of carbonyl (C=O) groups is 3. The maximum atomic E-state index is 13.1. The number of rotatable bonds is 6. The van der Waals surface area contributed by atoms with Gasteiger partial charge in [0.1, 0.15) is 11.2 Å². The molecule has 166 valence electrons. The van der Waals surface area contributed by atoms with Crippen molar-refractivity contribution in [1.82, 2.24) is 20.1 Å². The van der Waals surface area contributed by atoms with Crippen LogP contribution in [0.25, 0.3) is 10.9 Å². The fraction of sp³-hybridized carbons (Fsp3) is 0.292. The van der Waals surface area contributed by atoms with Gasteiger partial charge in [0, 0.05) is 29.5 Å². The van der Waals surface area contributed by atoms with Gasteiger partial charge in [0.25, 0.3) is 5.91 Å². The van der Waals surface area contributed by atoms with Gasteiger partial charge in [-0.1, -0.05) is 41.9 Å². The van der Waals surface area contributed by atoms with Crippen molar-refractivity contribution >= 4 is 40.2 Å². The predicted octanol–water partition coefficient (Wildman–Crippen LogP) is 2.61. The molecule has 0 unspecified atom stereocenters. The van der Waals surface area contributed by atoms with Crippen LogP contribution in [0.1, 0.15) is 23.0 Å². The molecule has 0 aliphatic carbocycles. The number of likely N-dealkylation sites (N-methyl/N-ethyl adjacent to an activating group) is 1. The standard InChI is InChI=1S/C24H25ClN4O3/c1-24(15-29-19-6-4-3-5-17(19)13-20(29)22(31)28(24)2)23(32)27-14-21(30)26-12-11-16-7-9-18(25)10-8-16/h3-10,13H,11-12,14-15H2,1-2H3,(H,26,30)(H,27,32)/t24-/m0/s1. The molecule has 2 heterocycles. The van der Waals surface area contributed by atoms with E-state index in [-0.39, 0.29) is 24.3 Å². The number of carbonyl (C=O) groups excluding carboxylic acids is 3. The van der Waals surface area contributed by atoms with E-state index in [0.29, 0.717) is 30.2 Å². The number of benzene rings is 2. The second-order valence-corrected chi connectivity index (χ2v) is 8.66. The molecule has 3 amide bonds. The summed E-state index contributed by atoms with van der Waals surface area (Å²) in [5, 5.41) is 7.11. The minimum Gasteiger partial charge on any atom is -0.354 e. The van der Waals surface area contributed by atoms with E-state index in [2.05, 4.69) is 10.6 Å². The van der Waals surface area contributed by atoms with Gasteiger partial charge in [0.2, 0.25) is 11.8 Å². The molecule has 0 saturated carbocycles. The van der Waals surface area contributed by atoms with Gasteiger partial charge in [-0.05, 0) is 43.2 Å². The Hall–Kier alpha value is -3.32. The first-order valence-corrected chi connectivity index (χ1v) is 10.8. The minimum absolute atomic E-state index is 0.156. The molecule has 8 heteroatoms. The Morgan fingerprint density at radius 2 is 1.81 bits per heavy atom. The summed E-state index contributed by atoms with van der Waals surface area (Å²) >= 11 is 5.88. The number of halogens is 1. The summed E-state index contributed by atoms with van der Waals surface area (Å²) in [7, 11) is 1.62. The Labute approximate surface area is 191 Å². The highest BCUT2D eigenvalue weighted by Crippen LogP contribution is 2.31. The zero-order valence-corrected chi connectivity index (χ0v) is 18.8. The first-order chi connectivity index (χ1) is 15.3. The van der Waals surface area contributed by atoms with E-state index < -0.39 is 5.54 Å². The molecule has 3 aromatic rings. The molecule has 1 aliphatic rings. The van der Waals surface area contributed by atoms with Gasteiger partial charge < -0.3 is 20.1 Å². The highest BCUT2D eigenvalue weighted by Gasteiger charge is 2.45. The first kappa shape index (κ1) is 21.9. The molecule has 1 atom stereocenters. The Kier molecular flexibility index (Phi) is 5.93. The maximum absolute atomic E-state index is 13.1. The van der Waals surface area contributed by atoms with Crippen LogP contribution >= 0.6 is 11.6 Å². The summed E-state index contributed by atoms with van der Waals surface area (Å²) in [6.07, 6.45) is 0.662. The van der Waals surface area contributed by atoms with Crippen LogP contribution in [0.4, 0.5) is 0 Å². The van der Waals surface area contributed by atoms with Crippen molar-refractivity contribution in [2.75, 3.05) is 20.1 Å². The molecule has 2 N–H and O–H groups in total. The quantitative estimate of drug-likeness (QED) is 0.603. The van der Waals surface area contributed by atoms with E-state index >= 15 is 0 Å². The number of hydrogen-bond acceptors (Lipinski definition) is 3. The van der Waals surface area contributed by atoms with E-state index in [9.17, 15) is 14.4 Å². The normalized spacial score (nSPS) is 17.8. The molecule has 0 fully saturated rings. The SMILES string of the molecule is CN1C(=O)c2cc3ccccc3n2C[C@@]1(C)C(=O)NCC(=O)NCCc1ccc(Cl)cc1. The van der Waals surface area contributed by atoms with Crippen molar-refractivity contribution < 1.29 is 14.4 Å². The molecule has 4 rings (SSSR count). The van der Waals surface area contributed by atoms with E-state index in [1.54, 1.807) is 26.1 Å². The maximum Gasteiger partial charge on any atom is 0.271 e. The molecule has 1 aliphatic heterocycles. The number of hydrogen-bond donors (Lipinski definition) is 2. The topological polar surface area (TPSA) is 83.4 Å². The zero-order valence-electron chi connectivity index (χ0n) is 18.0. The number of fused-ring (bicyclic) bond motifs is 3. The number of amides is 3. The molecule has 0 saturated heterocycles. The average Bonchev–Trinajstić information content (AvgIpc) is 3.15. The molecule has 7 nitrogen and oxygen atoms in total. The lowest BCUT2D eigenvalue weighted by molar-refractivity contribution is -0.134. The van der Waals surface area contributed by atoms with Crippen molar-refractivity contribution in [1.29, 1.82) is 0 Å². The minimum atomic E-state index is -1.12. The van der Waals surface area contributed by atoms with Crippen molar-refractivity contribution in [3.63, 3.8) is 0 Å². The van der Waals surface area contributed by atoms with Crippen LogP contribution in [0, 0.1) is 0 Å². The molecule has 1 aromatic heterocycles. The summed E-state index contributed by atoms with van der Waals surface area (Å²) in [6.45, 7) is 2.32. The van der Waals surface area contributed by atoms with Gasteiger partial charge in [-0.25, -0.2) is 0 Å². The largest absolute Gasteiger partial charge is 0.354 e. The fourth-order valence-electron chi connectivity index (χ4n) is 4.00. The second-order valence-electron chi connectivity index (χ2n) is 8.22. The monoisotopic (exact) mass is 452 g/mol. The lowest BCUT2D eigenvalue weighted by Gasteiger charge is -2.41. The van der Waals surface area contributed by atoms with Crippen molar-refractivity contribution in [3.05, 3.63) is 70.9 Å². The zero-order chi connectivity index (χ0) is 22.9. The molecular weight excluding hydrogens is 428 g/mol. The summed E-state index contributed by atoms with van der Waals surface area (Å²) in [6, 6.07) is 17.0. The highest BCUT2D eigenvalue weighted by molar-refractivity contribution is 6.30. The summed E-state index contributed by atoms with van der Waals surface area (Å²) in [5.41, 5.74) is 1.40. The number of nitrogens with zero attached hydrogens (tertiary/aromatic N) is 2. The second kappa shape index (κ2) is 8.67. The van der Waals surface area contributed by atoms with Gasteiger partial charge in [-0.15, -0.1) is 0 Å². The average molecular weight is 453 g/mol. The van der Waals surface area contributed by atoms with Crippen LogP contribution in [0.3, 0.4) is 0 Å². The number of aromatic nitrogens is 1. The Balaban J connectivity index is 1.37. The van der Waals surface area contributed by atoms with E-state index in [1.165, 1.54) is 4.90 Å². The number of para-hydroxylation sites is 1. The smallest absolute Gasteiger partial charge is 0.271 e. The lowest BCUT2D eigenvalue weighted by atomic mass is 9.95. The van der Waals surface area contributed by atoms with E-state index in [1.807, 2.05) is 47.0 Å². The van der Waals surface area contributed by atoms with Crippen LogP contribution < -0.4 is 10.6 Å². The number of nitrogens with one attached hydrogen (secondary N) is 2. The van der Waals surface area contributed by atoms with Crippen LogP contribution in [-0.4, -0.2) is 52.9 Å². The lowest BCUT2D eigenvalue weighted by Crippen LogP contribution is -2.63. The third-order valence-electron chi connectivity index (χ3n) is 6.09. The van der Waals surface area contributed by atoms with Crippen LogP contribution in [0.5, 0.6) is 0 Å². The van der Waals surface area contributed by atoms with Crippen molar-refractivity contribution in [2.45, 2.75) is 25.4 Å². The van der Waals surface area contributed by atoms with Gasteiger partial charge >= 0.3 is 0 Å². The molecular formula is C24H25ClN4O3. The third-order valence-corrected chi connectivity index (χ3v) is 6.34. The highest BCUT2D eigenvalue weighted by atomic mass is 35.5. The molecule has 32 heavy (non-hydrogen) atoms. The fourth-order valence-corrected chi connectivity index (χ4v) is 4.13. The van der Waals surface area contributed by atoms with Gasteiger partial charge in [0.05, 0.1) is 13.1 Å². The third kappa shape index (κ3) is 4.08. The Morgan fingerprint density at radius 1 is 1.09 bits per heavy atom. The molecule has 0 radical (unpaired) electrons. The Bertz CT molecular complexity index is 1190. The summed E-state index contributed by atoms with van der Waals surface area (Å²) in [4.78, 5) is 39.7. The van der Waals surface area contributed by atoms with Crippen molar-refractivity contribution in [3.8, 4) is 0 Å². The summed E-state index contributed by atoms with van der Waals surface area (Å²) in [5.74, 6) is -0.880. The molecule has 2 aromatic carbocycles.